The first-order valence-corrected chi connectivity index (χ1v) is 8.56. The Kier molecular flexibility index (Phi) is 4.07. The Labute approximate surface area is 150 Å². The van der Waals surface area contributed by atoms with Crippen molar-refractivity contribution < 1.29 is 13.5 Å². The van der Waals surface area contributed by atoms with Crippen LogP contribution < -0.4 is 0 Å². The lowest BCUT2D eigenvalue weighted by atomic mass is 10.0. The van der Waals surface area contributed by atoms with E-state index < -0.39 is 11.6 Å². The van der Waals surface area contributed by atoms with Crippen LogP contribution in [-0.4, -0.2) is 20.9 Å². The minimum Gasteiger partial charge on any atom is -0.373 e. The van der Waals surface area contributed by atoms with Gasteiger partial charge in [-0.2, -0.15) is 5.10 Å². The van der Waals surface area contributed by atoms with Crippen molar-refractivity contribution >= 4 is 0 Å². The van der Waals surface area contributed by atoms with Crippen molar-refractivity contribution in [3.63, 3.8) is 0 Å². The Balaban J connectivity index is 1.92. The van der Waals surface area contributed by atoms with Crippen molar-refractivity contribution in [2.45, 2.75) is 39.9 Å². The zero-order valence-electron chi connectivity index (χ0n) is 14.9. The van der Waals surface area contributed by atoms with Crippen LogP contribution in [0.4, 0.5) is 8.78 Å². The van der Waals surface area contributed by atoms with Crippen LogP contribution >= 0.6 is 0 Å². The highest BCUT2D eigenvalue weighted by atomic mass is 19.2. The third-order valence-electron chi connectivity index (χ3n) is 4.59. The molecule has 1 aliphatic heterocycles. The molecule has 0 spiro atoms. The summed E-state index contributed by atoms with van der Waals surface area (Å²) in [6, 6.07) is 7.79. The first-order valence-electron chi connectivity index (χ1n) is 8.56. The summed E-state index contributed by atoms with van der Waals surface area (Å²) in [6.07, 6.45) is 0.696. The Morgan fingerprint density at radius 3 is 2.50 bits per heavy atom. The van der Waals surface area contributed by atoms with Crippen molar-refractivity contribution in [3.8, 4) is 16.9 Å². The van der Waals surface area contributed by atoms with Gasteiger partial charge in [0.05, 0.1) is 29.8 Å². The quantitative estimate of drug-likeness (QED) is 0.688. The van der Waals surface area contributed by atoms with Crippen molar-refractivity contribution in [2.75, 3.05) is 0 Å². The van der Waals surface area contributed by atoms with Gasteiger partial charge in [0.1, 0.15) is 0 Å². The van der Waals surface area contributed by atoms with E-state index in [9.17, 15) is 8.78 Å². The topological polar surface area (TPSA) is 39.9 Å². The number of fused-ring (bicyclic) bond motifs is 1. The second kappa shape index (κ2) is 6.29. The van der Waals surface area contributed by atoms with E-state index in [1.807, 2.05) is 32.9 Å². The molecule has 0 amide bonds. The maximum Gasteiger partial charge on any atom is 0.160 e. The molecule has 1 unspecified atom stereocenters. The molecule has 0 aliphatic carbocycles. The molecule has 1 atom stereocenters. The fourth-order valence-corrected chi connectivity index (χ4v) is 3.44. The smallest absolute Gasteiger partial charge is 0.160 e. The number of aryl methyl sites for hydroxylation is 2. The fraction of sp³-hybridized carbons (Fsp3) is 0.300. The molecular formula is C20H19F2N3O. The van der Waals surface area contributed by atoms with Gasteiger partial charge in [-0.3, -0.25) is 4.98 Å². The molecule has 1 aromatic carbocycles. The van der Waals surface area contributed by atoms with Crippen molar-refractivity contribution in [2.24, 2.45) is 0 Å². The number of ether oxygens (including phenoxy) is 1. The Bertz CT molecular complexity index is 977. The van der Waals surface area contributed by atoms with Gasteiger partial charge in [-0.05, 0) is 45.0 Å². The molecule has 134 valence electrons. The molecule has 6 heteroatoms. The number of rotatable bonds is 2. The van der Waals surface area contributed by atoms with Gasteiger partial charge in [0.15, 0.2) is 11.6 Å². The summed E-state index contributed by atoms with van der Waals surface area (Å²) >= 11 is 0. The normalized spacial score (nSPS) is 16.6. The number of halogens is 2. The number of nitrogens with zero attached hydrogens (tertiary/aromatic N) is 3. The van der Waals surface area contributed by atoms with Gasteiger partial charge in [0, 0.05) is 35.0 Å². The third kappa shape index (κ3) is 2.90. The molecule has 0 saturated heterocycles. The zero-order valence-corrected chi connectivity index (χ0v) is 14.9. The molecule has 1 aliphatic rings. The number of hydrogen-bond acceptors (Lipinski definition) is 3. The largest absolute Gasteiger partial charge is 0.373 e. The van der Waals surface area contributed by atoms with Gasteiger partial charge in [-0.1, -0.05) is 0 Å². The second-order valence-electron chi connectivity index (χ2n) is 6.75. The molecular weight excluding hydrogens is 336 g/mol. The van der Waals surface area contributed by atoms with E-state index in [1.54, 1.807) is 10.7 Å². The van der Waals surface area contributed by atoms with E-state index in [0.717, 1.165) is 40.0 Å². The van der Waals surface area contributed by atoms with E-state index in [-0.39, 0.29) is 6.10 Å². The highest BCUT2D eigenvalue weighted by molar-refractivity contribution is 5.66. The maximum atomic E-state index is 13.8. The summed E-state index contributed by atoms with van der Waals surface area (Å²) in [5.41, 5.74) is 6.01. The summed E-state index contributed by atoms with van der Waals surface area (Å²) in [5.74, 6) is -1.75. The van der Waals surface area contributed by atoms with Crippen LogP contribution in [0.2, 0.25) is 0 Å². The lowest BCUT2D eigenvalue weighted by molar-refractivity contribution is 0.0401. The van der Waals surface area contributed by atoms with Crippen LogP contribution in [0.15, 0.2) is 30.3 Å². The van der Waals surface area contributed by atoms with Gasteiger partial charge in [-0.15, -0.1) is 0 Å². The lowest BCUT2D eigenvalue weighted by Gasteiger charge is -2.21. The highest BCUT2D eigenvalue weighted by Crippen LogP contribution is 2.33. The maximum absolute atomic E-state index is 13.8. The predicted octanol–water partition coefficient (Wildman–Crippen LogP) is 4.29. The summed E-state index contributed by atoms with van der Waals surface area (Å²) in [7, 11) is 0. The van der Waals surface area contributed by atoms with Crippen LogP contribution in [0, 0.1) is 25.5 Å². The number of hydrogen-bond donors (Lipinski definition) is 0. The summed E-state index contributed by atoms with van der Waals surface area (Å²) in [5, 5.41) is 4.74. The molecule has 3 heterocycles. The van der Waals surface area contributed by atoms with Crippen molar-refractivity contribution in [1.29, 1.82) is 0 Å². The van der Waals surface area contributed by atoms with Gasteiger partial charge in [-0.25, -0.2) is 13.5 Å². The average Bonchev–Trinajstić information content (AvgIpc) is 2.95. The fourth-order valence-electron chi connectivity index (χ4n) is 3.44. The SMILES string of the molecule is Cc1cc(-c2nn(-c3ccc(F)c(F)c3)c3c2COC(C)C3)cc(C)n1. The Morgan fingerprint density at radius 1 is 1.08 bits per heavy atom. The van der Waals surface area contributed by atoms with Crippen LogP contribution in [0.3, 0.4) is 0 Å². The number of benzene rings is 1. The van der Waals surface area contributed by atoms with Crippen molar-refractivity contribution in [3.05, 3.63) is 64.6 Å². The molecule has 0 fully saturated rings. The standard InChI is InChI=1S/C20H19F2N3O/c1-11-6-14(7-12(2)23-11)20-16-10-26-13(3)8-19(16)25(24-20)15-4-5-17(21)18(22)9-15/h4-7,9,13H,8,10H2,1-3H3. The van der Waals surface area contributed by atoms with Gasteiger partial charge >= 0.3 is 0 Å². The first-order chi connectivity index (χ1) is 12.4. The average molecular weight is 355 g/mol. The van der Waals surface area contributed by atoms with Crippen LogP contribution in [0.1, 0.15) is 29.6 Å². The molecule has 4 rings (SSSR count). The monoisotopic (exact) mass is 355 g/mol. The van der Waals surface area contributed by atoms with E-state index in [1.165, 1.54) is 6.07 Å². The summed E-state index contributed by atoms with van der Waals surface area (Å²) in [4.78, 5) is 4.41. The van der Waals surface area contributed by atoms with E-state index >= 15 is 0 Å². The Hall–Kier alpha value is -2.60. The first kappa shape index (κ1) is 16.8. The van der Waals surface area contributed by atoms with Crippen molar-refractivity contribution in [1.82, 2.24) is 14.8 Å². The second-order valence-corrected chi connectivity index (χ2v) is 6.75. The molecule has 0 bridgehead atoms. The van der Waals surface area contributed by atoms with E-state index in [2.05, 4.69) is 4.98 Å². The molecule has 2 aromatic heterocycles. The molecule has 0 N–H and O–H groups in total. The number of pyridine rings is 1. The van der Waals surface area contributed by atoms with Gasteiger partial charge in [0.2, 0.25) is 0 Å². The zero-order chi connectivity index (χ0) is 18.4. The minimum atomic E-state index is -0.885. The summed E-state index contributed by atoms with van der Waals surface area (Å²) < 4.78 is 34.6. The highest BCUT2D eigenvalue weighted by Gasteiger charge is 2.26. The summed E-state index contributed by atoms with van der Waals surface area (Å²) in [6.45, 7) is 6.31. The molecule has 0 saturated carbocycles. The molecule has 0 radical (unpaired) electrons. The molecule has 26 heavy (non-hydrogen) atoms. The molecule has 4 nitrogen and oxygen atoms in total. The third-order valence-corrected chi connectivity index (χ3v) is 4.59. The Morgan fingerprint density at radius 2 is 1.81 bits per heavy atom. The van der Waals surface area contributed by atoms with Crippen LogP contribution in [0.25, 0.3) is 16.9 Å². The number of aromatic nitrogens is 3. The van der Waals surface area contributed by atoms with Gasteiger partial charge < -0.3 is 4.74 Å². The van der Waals surface area contributed by atoms with E-state index in [0.29, 0.717) is 18.7 Å². The van der Waals surface area contributed by atoms with Crippen LogP contribution in [0.5, 0.6) is 0 Å². The predicted molar refractivity (Wildman–Crippen MR) is 94.1 cm³/mol. The van der Waals surface area contributed by atoms with E-state index in [4.69, 9.17) is 9.84 Å². The van der Waals surface area contributed by atoms with Gasteiger partial charge in [0.25, 0.3) is 0 Å². The molecule has 3 aromatic rings. The minimum absolute atomic E-state index is 0.0389. The lowest BCUT2D eigenvalue weighted by Crippen LogP contribution is -2.21. The van der Waals surface area contributed by atoms with Crippen LogP contribution in [-0.2, 0) is 17.8 Å².